The predicted octanol–water partition coefficient (Wildman–Crippen LogP) is 3.54. The maximum absolute atomic E-state index is 5.98. The molecule has 0 amide bonds. The second-order valence-corrected chi connectivity index (χ2v) is 6.17. The maximum Gasteiger partial charge on any atom is 0.213 e. The van der Waals surface area contributed by atoms with Crippen LogP contribution in [0.2, 0.25) is 5.02 Å². The summed E-state index contributed by atoms with van der Waals surface area (Å²) in [7, 11) is 0. The summed E-state index contributed by atoms with van der Waals surface area (Å²) < 4.78 is 5.92. The van der Waals surface area contributed by atoms with Gasteiger partial charge in [0.15, 0.2) is 0 Å². The fourth-order valence-corrected chi connectivity index (χ4v) is 2.52. The number of nitrogens with two attached hydrogens (primary N) is 1. The molecule has 1 fully saturated rings. The van der Waals surface area contributed by atoms with E-state index in [1.54, 1.807) is 6.07 Å². The third-order valence-electron chi connectivity index (χ3n) is 3.66. The average molecular weight is 269 g/mol. The van der Waals surface area contributed by atoms with Gasteiger partial charge in [-0.3, -0.25) is 0 Å². The lowest BCUT2D eigenvalue weighted by molar-refractivity contribution is 0.0947. The summed E-state index contributed by atoms with van der Waals surface area (Å²) in [6, 6.07) is 3.63. The van der Waals surface area contributed by atoms with Crippen LogP contribution in [0.1, 0.15) is 45.2 Å². The number of aromatic nitrogens is 1. The Morgan fingerprint density at radius 1 is 1.39 bits per heavy atom. The second kappa shape index (κ2) is 5.45. The lowest BCUT2D eigenvalue weighted by Gasteiger charge is -2.34. The van der Waals surface area contributed by atoms with E-state index < -0.39 is 0 Å². The molecule has 0 bridgehead atoms. The van der Waals surface area contributed by atoms with E-state index in [1.165, 1.54) is 12.8 Å². The Morgan fingerprint density at radius 2 is 2.06 bits per heavy atom. The van der Waals surface area contributed by atoms with Crippen molar-refractivity contribution in [3.63, 3.8) is 0 Å². The van der Waals surface area contributed by atoms with Gasteiger partial charge in [0.2, 0.25) is 5.88 Å². The fraction of sp³-hybridized carbons (Fsp3) is 0.643. The van der Waals surface area contributed by atoms with Gasteiger partial charge in [0.05, 0.1) is 10.7 Å². The quantitative estimate of drug-likeness (QED) is 0.912. The third kappa shape index (κ3) is 3.36. The van der Waals surface area contributed by atoms with Crippen molar-refractivity contribution >= 4 is 11.6 Å². The van der Waals surface area contributed by atoms with Gasteiger partial charge in [-0.2, -0.15) is 0 Å². The zero-order valence-corrected chi connectivity index (χ0v) is 11.8. The SMILES string of the molecule is CC1(C)CCC(Oc2ccc(Cl)c(CN)n2)CC1. The molecule has 2 N–H and O–H groups in total. The smallest absolute Gasteiger partial charge is 0.213 e. The van der Waals surface area contributed by atoms with Crippen LogP contribution in [0.15, 0.2) is 12.1 Å². The van der Waals surface area contributed by atoms with Crippen molar-refractivity contribution in [2.45, 2.75) is 52.2 Å². The van der Waals surface area contributed by atoms with Crippen molar-refractivity contribution in [3.05, 3.63) is 22.8 Å². The standard InChI is InChI=1S/C14H21ClN2O/c1-14(2)7-5-10(6-8-14)18-13-4-3-11(15)12(9-16)17-13/h3-4,10H,5-9,16H2,1-2H3. The van der Waals surface area contributed by atoms with Crippen molar-refractivity contribution in [3.8, 4) is 5.88 Å². The Bertz CT molecular complexity index is 410. The summed E-state index contributed by atoms with van der Waals surface area (Å²) >= 11 is 5.98. The predicted molar refractivity (Wildman–Crippen MR) is 73.8 cm³/mol. The van der Waals surface area contributed by atoms with Gasteiger partial charge in [0.25, 0.3) is 0 Å². The van der Waals surface area contributed by atoms with Crippen molar-refractivity contribution in [2.24, 2.45) is 11.1 Å². The molecule has 1 aliphatic rings. The Labute approximate surface area is 114 Å². The molecule has 1 saturated carbocycles. The molecular weight excluding hydrogens is 248 g/mol. The van der Waals surface area contributed by atoms with E-state index in [4.69, 9.17) is 22.1 Å². The molecule has 0 spiro atoms. The summed E-state index contributed by atoms with van der Waals surface area (Å²) in [6.07, 6.45) is 4.87. The highest BCUT2D eigenvalue weighted by atomic mass is 35.5. The van der Waals surface area contributed by atoms with Gasteiger partial charge in [-0.1, -0.05) is 25.4 Å². The molecule has 4 heteroatoms. The van der Waals surface area contributed by atoms with E-state index in [9.17, 15) is 0 Å². The number of ether oxygens (including phenoxy) is 1. The van der Waals surface area contributed by atoms with Crippen LogP contribution >= 0.6 is 11.6 Å². The van der Waals surface area contributed by atoms with E-state index in [1.807, 2.05) is 6.07 Å². The van der Waals surface area contributed by atoms with Crippen LogP contribution < -0.4 is 10.5 Å². The zero-order chi connectivity index (χ0) is 13.2. The minimum absolute atomic E-state index is 0.275. The first-order chi connectivity index (χ1) is 8.50. The molecule has 1 aromatic rings. The minimum Gasteiger partial charge on any atom is -0.474 e. The second-order valence-electron chi connectivity index (χ2n) is 5.76. The van der Waals surface area contributed by atoms with Gasteiger partial charge in [0.1, 0.15) is 6.10 Å². The lowest BCUT2D eigenvalue weighted by Crippen LogP contribution is -2.28. The average Bonchev–Trinajstić information content (AvgIpc) is 2.34. The number of nitrogens with zero attached hydrogens (tertiary/aromatic N) is 1. The van der Waals surface area contributed by atoms with Gasteiger partial charge < -0.3 is 10.5 Å². The van der Waals surface area contributed by atoms with Gasteiger partial charge in [0, 0.05) is 12.6 Å². The molecule has 100 valence electrons. The van der Waals surface area contributed by atoms with E-state index in [0.717, 1.165) is 12.8 Å². The van der Waals surface area contributed by atoms with Crippen molar-refractivity contribution in [1.82, 2.24) is 4.98 Å². The molecule has 1 aromatic heterocycles. The van der Waals surface area contributed by atoms with Crippen LogP contribution in [0, 0.1) is 5.41 Å². The Kier molecular flexibility index (Phi) is 4.13. The molecule has 18 heavy (non-hydrogen) atoms. The molecule has 2 rings (SSSR count). The van der Waals surface area contributed by atoms with Gasteiger partial charge in [-0.25, -0.2) is 4.98 Å². The van der Waals surface area contributed by atoms with E-state index in [2.05, 4.69) is 18.8 Å². The molecule has 0 radical (unpaired) electrons. The number of pyridine rings is 1. The third-order valence-corrected chi connectivity index (χ3v) is 4.00. The first-order valence-electron chi connectivity index (χ1n) is 6.52. The summed E-state index contributed by atoms with van der Waals surface area (Å²) in [5.74, 6) is 0.643. The summed E-state index contributed by atoms with van der Waals surface area (Å²) in [5, 5.41) is 0.606. The molecule has 1 heterocycles. The molecule has 0 atom stereocenters. The van der Waals surface area contributed by atoms with E-state index in [0.29, 0.717) is 28.6 Å². The molecule has 3 nitrogen and oxygen atoms in total. The van der Waals surface area contributed by atoms with Crippen molar-refractivity contribution < 1.29 is 4.74 Å². The monoisotopic (exact) mass is 268 g/mol. The Balaban J connectivity index is 1.98. The number of hydrogen-bond acceptors (Lipinski definition) is 3. The highest BCUT2D eigenvalue weighted by molar-refractivity contribution is 6.31. The van der Waals surface area contributed by atoms with Crippen LogP contribution in [-0.2, 0) is 6.54 Å². The lowest BCUT2D eigenvalue weighted by atomic mass is 9.76. The highest BCUT2D eigenvalue weighted by Gasteiger charge is 2.28. The van der Waals surface area contributed by atoms with E-state index >= 15 is 0 Å². The van der Waals surface area contributed by atoms with Crippen LogP contribution in [0.3, 0.4) is 0 Å². The number of hydrogen-bond donors (Lipinski definition) is 1. The van der Waals surface area contributed by atoms with E-state index in [-0.39, 0.29) is 6.10 Å². The van der Waals surface area contributed by atoms with Crippen molar-refractivity contribution in [1.29, 1.82) is 0 Å². The fourth-order valence-electron chi connectivity index (χ4n) is 2.33. The number of halogens is 1. The van der Waals surface area contributed by atoms with Gasteiger partial charge >= 0.3 is 0 Å². The highest BCUT2D eigenvalue weighted by Crippen LogP contribution is 2.36. The topological polar surface area (TPSA) is 48.1 Å². The van der Waals surface area contributed by atoms with Crippen LogP contribution in [0.5, 0.6) is 5.88 Å². The first-order valence-corrected chi connectivity index (χ1v) is 6.90. The largest absolute Gasteiger partial charge is 0.474 e. The van der Waals surface area contributed by atoms with Crippen LogP contribution in [0.4, 0.5) is 0 Å². The number of rotatable bonds is 3. The van der Waals surface area contributed by atoms with Gasteiger partial charge in [-0.15, -0.1) is 0 Å². The van der Waals surface area contributed by atoms with Crippen LogP contribution in [0.25, 0.3) is 0 Å². The molecule has 0 saturated heterocycles. The Hall–Kier alpha value is -0.800. The summed E-state index contributed by atoms with van der Waals surface area (Å²) in [4.78, 5) is 4.34. The molecule has 0 aliphatic heterocycles. The Morgan fingerprint density at radius 3 is 2.67 bits per heavy atom. The summed E-state index contributed by atoms with van der Waals surface area (Å²) in [5.41, 5.74) is 6.74. The molecule has 1 aliphatic carbocycles. The van der Waals surface area contributed by atoms with Crippen LogP contribution in [-0.4, -0.2) is 11.1 Å². The summed E-state index contributed by atoms with van der Waals surface area (Å²) in [6.45, 7) is 4.97. The zero-order valence-electron chi connectivity index (χ0n) is 11.1. The molecule has 0 unspecified atom stereocenters. The molecule has 0 aromatic carbocycles. The minimum atomic E-state index is 0.275. The first kappa shape index (κ1) is 13.6. The van der Waals surface area contributed by atoms with Gasteiger partial charge in [-0.05, 0) is 37.2 Å². The molecular formula is C14H21ClN2O. The normalized spacial score (nSPS) is 19.8. The maximum atomic E-state index is 5.98. The van der Waals surface area contributed by atoms with Crippen molar-refractivity contribution in [2.75, 3.05) is 0 Å².